The van der Waals surface area contributed by atoms with Crippen molar-refractivity contribution >= 4 is 5.82 Å². The van der Waals surface area contributed by atoms with Gasteiger partial charge in [-0.2, -0.15) is 0 Å². The number of aryl methyl sites for hydroxylation is 1. The normalized spacial score (nSPS) is 10.5. The molecule has 0 radical (unpaired) electrons. The van der Waals surface area contributed by atoms with E-state index in [9.17, 15) is 4.39 Å². The van der Waals surface area contributed by atoms with Crippen molar-refractivity contribution in [3.63, 3.8) is 0 Å². The Morgan fingerprint density at radius 1 is 1.19 bits per heavy atom. The number of nitrogens with zero attached hydrogens (tertiary/aromatic N) is 2. The Kier molecular flexibility index (Phi) is 5.09. The molecule has 0 saturated carbocycles. The van der Waals surface area contributed by atoms with E-state index >= 15 is 0 Å². The van der Waals surface area contributed by atoms with Crippen molar-refractivity contribution in [1.82, 2.24) is 9.97 Å². The van der Waals surface area contributed by atoms with Gasteiger partial charge in [0.05, 0.1) is 12.8 Å². The summed E-state index contributed by atoms with van der Waals surface area (Å²) in [6.45, 7) is 4.89. The van der Waals surface area contributed by atoms with E-state index in [4.69, 9.17) is 4.74 Å². The van der Waals surface area contributed by atoms with E-state index in [1.54, 1.807) is 18.2 Å². The lowest BCUT2D eigenvalue weighted by Crippen LogP contribution is -2.06. The summed E-state index contributed by atoms with van der Waals surface area (Å²) in [7, 11) is 1.51. The van der Waals surface area contributed by atoms with Crippen LogP contribution < -0.4 is 10.1 Å². The van der Waals surface area contributed by atoms with Crippen LogP contribution in [0.2, 0.25) is 0 Å². The molecule has 0 atom stereocenters. The third-order valence-electron chi connectivity index (χ3n) is 3.10. The zero-order chi connectivity index (χ0) is 15.2. The minimum Gasteiger partial charge on any atom is -0.497 e. The summed E-state index contributed by atoms with van der Waals surface area (Å²) in [5.74, 6) is 1.57. The Morgan fingerprint density at radius 2 is 2.00 bits per heavy atom. The molecule has 0 aliphatic rings. The van der Waals surface area contributed by atoms with Gasteiger partial charge in [0.25, 0.3) is 0 Å². The number of hydrogen-bond acceptors (Lipinski definition) is 4. The number of methoxy groups -OCH3 is 1. The van der Waals surface area contributed by atoms with Crippen molar-refractivity contribution in [3.05, 3.63) is 35.9 Å². The topological polar surface area (TPSA) is 47.0 Å². The zero-order valence-electron chi connectivity index (χ0n) is 12.6. The van der Waals surface area contributed by atoms with Crippen molar-refractivity contribution in [1.29, 1.82) is 0 Å². The molecule has 0 amide bonds. The number of halogens is 1. The molecule has 5 heteroatoms. The molecular formula is C16H20FN3O. The molecule has 1 heterocycles. The van der Waals surface area contributed by atoms with Crippen LogP contribution in [0.4, 0.5) is 10.2 Å². The number of aromatic nitrogens is 2. The molecule has 2 aromatic rings. The maximum Gasteiger partial charge on any atom is 0.136 e. The minimum atomic E-state index is -0.350. The van der Waals surface area contributed by atoms with Gasteiger partial charge in [-0.3, -0.25) is 0 Å². The fourth-order valence-corrected chi connectivity index (χ4v) is 1.97. The van der Waals surface area contributed by atoms with Gasteiger partial charge in [-0.1, -0.05) is 13.8 Å². The third kappa shape index (κ3) is 3.68. The summed E-state index contributed by atoms with van der Waals surface area (Å²) in [6.07, 6.45) is 1.70. The Morgan fingerprint density at radius 3 is 2.62 bits per heavy atom. The van der Waals surface area contributed by atoms with E-state index in [0.29, 0.717) is 29.3 Å². The van der Waals surface area contributed by atoms with Gasteiger partial charge in [-0.15, -0.1) is 0 Å². The first-order valence-electron chi connectivity index (χ1n) is 7.13. The van der Waals surface area contributed by atoms with Gasteiger partial charge in [0.15, 0.2) is 0 Å². The van der Waals surface area contributed by atoms with Crippen molar-refractivity contribution in [2.75, 3.05) is 19.0 Å². The first-order chi connectivity index (χ1) is 10.2. The highest BCUT2D eigenvalue weighted by molar-refractivity contribution is 5.64. The lowest BCUT2D eigenvalue weighted by atomic mass is 10.1. The SMILES string of the molecule is CCCNc1cc(-c2ccc(OC)cc2F)nc(CC)n1. The molecule has 0 saturated heterocycles. The van der Waals surface area contributed by atoms with Gasteiger partial charge in [-0.25, -0.2) is 14.4 Å². The second-order valence-electron chi connectivity index (χ2n) is 4.68. The number of hydrogen-bond donors (Lipinski definition) is 1. The fraction of sp³-hybridized carbons (Fsp3) is 0.375. The van der Waals surface area contributed by atoms with Gasteiger partial charge < -0.3 is 10.1 Å². The molecule has 112 valence electrons. The van der Waals surface area contributed by atoms with Gasteiger partial charge in [0.2, 0.25) is 0 Å². The average Bonchev–Trinajstić information content (AvgIpc) is 2.52. The molecule has 0 aliphatic heterocycles. The van der Waals surface area contributed by atoms with E-state index in [-0.39, 0.29) is 5.82 Å². The van der Waals surface area contributed by atoms with Crippen molar-refractivity contribution in [2.45, 2.75) is 26.7 Å². The largest absolute Gasteiger partial charge is 0.497 e. The smallest absolute Gasteiger partial charge is 0.136 e. The highest BCUT2D eigenvalue weighted by Crippen LogP contribution is 2.26. The molecule has 0 aliphatic carbocycles. The van der Waals surface area contributed by atoms with Crippen LogP contribution in [0, 0.1) is 5.82 Å². The second kappa shape index (κ2) is 7.02. The summed E-state index contributed by atoms with van der Waals surface area (Å²) in [5, 5.41) is 3.22. The van der Waals surface area contributed by atoms with Gasteiger partial charge in [0, 0.05) is 30.7 Å². The maximum absolute atomic E-state index is 14.2. The summed E-state index contributed by atoms with van der Waals surface area (Å²) in [6, 6.07) is 6.55. The lowest BCUT2D eigenvalue weighted by molar-refractivity contribution is 0.411. The Balaban J connectivity index is 2.42. The highest BCUT2D eigenvalue weighted by Gasteiger charge is 2.11. The maximum atomic E-state index is 14.2. The molecule has 0 fully saturated rings. The first-order valence-corrected chi connectivity index (χ1v) is 7.13. The third-order valence-corrected chi connectivity index (χ3v) is 3.10. The fourth-order valence-electron chi connectivity index (χ4n) is 1.97. The first kappa shape index (κ1) is 15.2. The summed E-state index contributed by atoms with van der Waals surface area (Å²) in [4.78, 5) is 8.82. The van der Waals surface area contributed by atoms with Crippen LogP contribution in [0.5, 0.6) is 5.75 Å². The van der Waals surface area contributed by atoms with Crippen LogP contribution in [0.1, 0.15) is 26.1 Å². The Hall–Kier alpha value is -2.17. The van der Waals surface area contributed by atoms with Crippen LogP contribution in [-0.4, -0.2) is 23.6 Å². The van der Waals surface area contributed by atoms with Crippen molar-refractivity contribution in [2.24, 2.45) is 0 Å². The summed E-state index contributed by atoms with van der Waals surface area (Å²) < 4.78 is 19.2. The molecule has 1 aromatic carbocycles. The molecule has 2 rings (SSSR count). The van der Waals surface area contributed by atoms with Crippen molar-refractivity contribution < 1.29 is 9.13 Å². The number of rotatable bonds is 6. The van der Waals surface area contributed by atoms with Crippen LogP contribution >= 0.6 is 0 Å². The van der Waals surface area contributed by atoms with Gasteiger partial charge >= 0.3 is 0 Å². The molecular weight excluding hydrogens is 269 g/mol. The highest BCUT2D eigenvalue weighted by atomic mass is 19.1. The summed E-state index contributed by atoms with van der Waals surface area (Å²) in [5.41, 5.74) is 1.04. The second-order valence-corrected chi connectivity index (χ2v) is 4.68. The monoisotopic (exact) mass is 289 g/mol. The van der Waals surface area contributed by atoms with E-state index in [0.717, 1.165) is 18.8 Å². The standard InChI is InChI=1S/C16H20FN3O/c1-4-8-18-16-10-14(19-15(5-2)20-16)12-7-6-11(21-3)9-13(12)17/h6-7,9-10H,4-5,8H2,1-3H3,(H,18,19,20). The van der Waals surface area contributed by atoms with Crippen molar-refractivity contribution in [3.8, 4) is 17.0 Å². The quantitative estimate of drug-likeness (QED) is 0.881. The molecule has 4 nitrogen and oxygen atoms in total. The van der Waals surface area contributed by atoms with E-state index < -0.39 is 0 Å². The zero-order valence-corrected chi connectivity index (χ0v) is 12.6. The molecule has 0 spiro atoms. The molecule has 0 bridgehead atoms. The van der Waals surface area contributed by atoms with Crippen LogP contribution in [0.15, 0.2) is 24.3 Å². The number of anilines is 1. The van der Waals surface area contributed by atoms with Gasteiger partial charge in [-0.05, 0) is 18.6 Å². The summed E-state index contributed by atoms with van der Waals surface area (Å²) >= 11 is 0. The van der Waals surface area contributed by atoms with E-state index in [2.05, 4.69) is 22.2 Å². The number of ether oxygens (including phenoxy) is 1. The number of nitrogens with one attached hydrogen (secondary N) is 1. The van der Waals surface area contributed by atoms with Crippen LogP contribution in [0.3, 0.4) is 0 Å². The molecule has 21 heavy (non-hydrogen) atoms. The predicted molar refractivity (Wildman–Crippen MR) is 82.1 cm³/mol. The van der Waals surface area contributed by atoms with E-state index in [1.165, 1.54) is 13.2 Å². The van der Waals surface area contributed by atoms with Crippen LogP contribution in [0.25, 0.3) is 11.3 Å². The number of benzene rings is 1. The molecule has 1 aromatic heterocycles. The Labute approximate surface area is 124 Å². The lowest BCUT2D eigenvalue weighted by Gasteiger charge is -2.10. The average molecular weight is 289 g/mol. The van der Waals surface area contributed by atoms with E-state index in [1.807, 2.05) is 6.92 Å². The predicted octanol–water partition coefficient (Wildman–Crippen LogP) is 3.68. The molecule has 0 unspecified atom stereocenters. The Bertz CT molecular complexity index is 616. The van der Waals surface area contributed by atoms with Gasteiger partial charge in [0.1, 0.15) is 23.2 Å². The van der Waals surface area contributed by atoms with Crippen LogP contribution in [-0.2, 0) is 6.42 Å². The minimum absolute atomic E-state index is 0.350. The molecule has 1 N–H and O–H groups in total.